The number of nitrogens with two attached hydrogens (primary N) is 1. The van der Waals surface area contributed by atoms with Crippen LogP contribution in [0.25, 0.3) is 0 Å². The Morgan fingerprint density at radius 2 is 1.92 bits per heavy atom. The van der Waals surface area contributed by atoms with Crippen molar-refractivity contribution in [1.82, 2.24) is 0 Å². The van der Waals surface area contributed by atoms with Crippen LogP contribution in [-0.4, -0.2) is 18.8 Å². The van der Waals surface area contributed by atoms with E-state index in [9.17, 15) is 0 Å². The van der Waals surface area contributed by atoms with Crippen LogP contribution in [0.2, 0.25) is 0 Å². The molecule has 0 aromatic rings. The second-order valence-corrected chi connectivity index (χ2v) is 3.05. The van der Waals surface area contributed by atoms with Gasteiger partial charge in [-0.05, 0) is 25.7 Å². The van der Waals surface area contributed by atoms with E-state index in [0.29, 0.717) is 18.8 Å². The summed E-state index contributed by atoms with van der Waals surface area (Å²) in [5, 5.41) is 0. The van der Waals surface area contributed by atoms with Gasteiger partial charge in [0.25, 0.3) is 0 Å². The average molecular weight is 190 g/mol. The molecule has 3 heteroatoms. The molecule has 0 amide bonds. The predicted molar refractivity (Wildman–Crippen MR) is 52.3 cm³/mol. The quantitative estimate of drug-likeness (QED) is 0.666. The highest BCUT2D eigenvalue weighted by molar-refractivity contribution is 5.85. The summed E-state index contributed by atoms with van der Waals surface area (Å²) in [6, 6.07) is 0.390. The zero-order valence-corrected chi connectivity index (χ0v) is 7.98. The first-order valence-electron chi connectivity index (χ1n) is 4.13. The van der Waals surface area contributed by atoms with Crippen molar-refractivity contribution in [2.75, 3.05) is 6.61 Å². The predicted octanol–water partition coefficient (Wildman–Crippen LogP) is 1.33. The molecule has 0 heterocycles. The smallest absolute Gasteiger partial charge is 0.107 e. The molecule has 0 atom stereocenters. The molecular weight excluding hydrogens is 174 g/mol. The lowest BCUT2D eigenvalue weighted by molar-refractivity contribution is 0.0459. The van der Waals surface area contributed by atoms with Crippen LogP contribution >= 0.6 is 12.4 Å². The summed E-state index contributed by atoms with van der Waals surface area (Å²) in [7, 11) is 0. The highest BCUT2D eigenvalue weighted by atomic mass is 35.5. The Bertz CT molecular complexity index is 147. The van der Waals surface area contributed by atoms with E-state index < -0.39 is 0 Å². The lowest BCUT2D eigenvalue weighted by Crippen LogP contribution is -2.30. The van der Waals surface area contributed by atoms with Crippen LogP contribution in [0, 0.1) is 12.3 Å². The SMILES string of the molecule is C#CCOC1CCC(N)CC1.Cl. The number of halogens is 1. The van der Waals surface area contributed by atoms with E-state index in [0.717, 1.165) is 25.7 Å². The summed E-state index contributed by atoms with van der Waals surface area (Å²) in [5.41, 5.74) is 5.73. The standard InChI is InChI=1S/C9H15NO.ClH/c1-2-7-11-9-5-3-8(10)4-6-9;/h1,8-9H,3-7,10H2;1H. The minimum absolute atomic E-state index is 0. The van der Waals surface area contributed by atoms with E-state index in [1.165, 1.54) is 0 Å². The van der Waals surface area contributed by atoms with Crippen LogP contribution in [0.4, 0.5) is 0 Å². The van der Waals surface area contributed by atoms with Gasteiger partial charge in [0.15, 0.2) is 0 Å². The molecule has 12 heavy (non-hydrogen) atoms. The van der Waals surface area contributed by atoms with Gasteiger partial charge in [0.05, 0.1) is 6.10 Å². The molecule has 0 radical (unpaired) electrons. The minimum atomic E-state index is 0. The molecule has 1 aliphatic carbocycles. The molecule has 1 rings (SSSR count). The summed E-state index contributed by atoms with van der Waals surface area (Å²) in [6.07, 6.45) is 9.74. The van der Waals surface area contributed by atoms with Crippen LogP contribution in [0.3, 0.4) is 0 Å². The second kappa shape index (κ2) is 6.30. The summed E-state index contributed by atoms with van der Waals surface area (Å²) < 4.78 is 5.39. The molecular formula is C9H16ClNO. The van der Waals surface area contributed by atoms with Crippen molar-refractivity contribution in [3.63, 3.8) is 0 Å². The van der Waals surface area contributed by atoms with Crippen molar-refractivity contribution in [2.45, 2.75) is 37.8 Å². The van der Waals surface area contributed by atoms with Gasteiger partial charge < -0.3 is 10.5 Å². The first kappa shape index (κ1) is 11.8. The van der Waals surface area contributed by atoms with Gasteiger partial charge in [-0.15, -0.1) is 18.8 Å². The normalized spacial score (nSPS) is 28.7. The topological polar surface area (TPSA) is 35.2 Å². The Morgan fingerprint density at radius 3 is 2.42 bits per heavy atom. The lowest BCUT2D eigenvalue weighted by Gasteiger charge is -2.25. The van der Waals surface area contributed by atoms with Crippen molar-refractivity contribution in [3.05, 3.63) is 0 Å². The molecule has 1 saturated carbocycles. The Kier molecular flexibility index (Phi) is 6.18. The average Bonchev–Trinajstić information content (AvgIpc) is 2.04. The third-order valence-corrected chi connectivity index (χ3v) is 2.12. The number of terminal acetylenes is 1. The molecule has 2 N–H and O–H groups in total. The van der Waals surface area contributed by atoms with Crippen LogP contribution in [0.5, 0.6) is 0 Å². The summed E-state index contributed by atoms with van der Waals surface area (Å²) >= 11 is 0. The molecule has 0 bridgehead atoms. The second-order valence-electron chi connectivity index (χ2n) is 3.05. The maximum Gasteiger partial charge on any atom is 0.107 e. The maximum absolute atomic E-state index is 5.73. The molecule has 0 spiro atoms. The van der Waals surface area contributed by atoms with Crippen molar-refractivity contribution in [2.24, 2.45) is 5.73 Å². The summed E-state index contributed by atoms with van der Waals surface area (Å²) in [4.78, 5) is 0. The van der Waals surface area contributed by atoms with Gasteiger partial charge in [-0.25, -0.2) is 0 Å². The van der Waals surface area contributed by atoms with Gasteiger partial charge in [0, 0.05) is 6.04 Å². The molecule has 70 valence electrons. The van der Waals surface area contributed by atoms with E-state index >= 15 is 0 Å². The van der Waals surface area contributed by atoms with Gasteiger partial charge in [-0.3, -0.25) is 0 Å². The van der Waals surface area contributed by atoms with Gasteiger partial charge in [-0.2, -0.15) is 0 Å². The molecule has 0 unspecified atom stereocenters. The van der Waals surface area contributed by atoms with E-state index in [4.69, 9.17) is 16.9 Å². The Balaban J connectivity index is 0.00000121. The number of ether oxygens (including phenoxy) is 1. The largest absolute Gasteiger partial charge is 0.366 e. The van der Waals surface area contributed by atoms with Crippen LogP contribution < -0.4 is 5.73 Å². The minimum Gasteiger partial charge on any atom is -0.366 e. The number of hydrogen-bond acceptors (Lipinski definition) is 2. The number of hydrogen-bond donors (Lipinski definition) is 1. The maximum atomic E-state index is 5.73. The highest BCUT2D eigenvalue weighted by Crippen LogP contribution is 2.19. The third kappa shape index (κ3) is 3.96. The first-order valence-corrected chi connectivity index (χ1v) is 4.13. The molecule has 0 saturated heterocycles. The fourth-order valence-corrected chi connectivity index (χ4v) is 1.42. The van der Waals surface area contributed by atoms with Crippen molar-refractivity contribution in [3.8, 4) is 12.3 Å². The van der Waals surface area contributed by atoms with E-state index in [1.54, 1.807) is 0 Å². The van der Waals surface area contributed by atoms with E-state index in [2.05, 4.69) is 5.92 Å². The summed E-state index contributed by atoms with van der Waals surface area (Å²) in [6.45, 7) is 0.444. The van der Waals surface area contributed by atoms with Gasteiger partial charge in [-0.1, -0.05) is 5.92 Å². The van der Waals surface area contributed by atoms with Crippen molar-refractivity contribution in [1.29, 1.82) is 0 Å². The van der Waals surface area contributed by atoms with Crippen LogP contribution in [0.1, 0.15) is 25.7 Å². The molecule has 0 aromatic heterocycles. The monoisotopic (exact) mass is 189 g/mol. The summed E-state index contributed by atoms with van der Waals surface area (Å²) in [5.74, 6) is 2.47. The zero-order valence-electron chi connectivity index (χ0n) is 7.16. The van der Waals surface area contributed by atoms with Crippen LogP contribution in [0.15, 0.2) is 0 Å². The van der Waals surface area contributed by atoms with E-state index in [-0.39, 0.29) is 12.4 Å². The fraction of sp³-hybridized carbons (Fsp3) is 0.778. The Morgan fingerprint density at radius 1 is 1.33 bits per heavy atom. The molecule has 2 nitrogen and oxygen atoms in total. The molecule has 1 fully saturated rings. The fourth-order valence-electron chi connectivity index (χ4n) is 1.42. The highest BCUT2D eigenvalue weighted by Gasteiger charge is 2.17. The van der Waals surface area contributed by atoms with Gasteiger partial charge in [0.2, 0.25) is 0 Å². The van der Waals surface area contributed by atoms with Gasteiger partial charge in [0.1, 0.15) is 6.61 Å². The number of rotatable bonds is 2. The molecule has 0 aliphatic heterocycles. The molecule has 1 aliphatic rings. The Labute approximate surface area is 80.3 Å². The third-order valence-electron chi connectivity index (χ3n) is 2.12. The van der Waals surface area contributed by atoms with Crippen molar-refractivity contribution >= 4 is 12.4 Å². The van der Waals surface area contributed by atoms with Crippen LogP contribution in [-0.2, 0) is 4.74 Å². The Hall–Kier alpha value is -0.230. The zero-order chi connectivity index (χ0) is 8.10. The first-order chi connectivity index (χ1) is 5.33. The van der Waals surface area contributed by atoms with Crippen molar-refractivity contribution < 1.29 is 4.74 Å². The van der Waals surface area contributed by atoms with E-state index in [1.807, 2.05) is 0 Å². The lowest BCUT2D eigenvalue weighted by atomic mass is 9.94. The van der Waals surface area contributed by atoms with Gasteiger partial charge >= 0.3 is 0 Å². The molecule has 0 aromatic carbocycles.